The van der Waals surface area contributed by atoms with E-state index in [2.05, 4.69) is 19.2 Å². The van der Waals surface area contributed by atoms with Gasteiger partial charge < -0.3 is 19.5 Å². The van der Waals surface area contributed by atoms with Gasteiger partial charge in [0.15, 0.2) is 17.3 Å². The molecule has 190 valence electrons. The minimum atomic E-state index is -0.562. The lowest BCUT2D eigenvalue weighted by Crippen LogP contribution is -2.39. The van der Waals surface area contributed by atoms with Crippen LogP contribution in [0.15, 0.2) is 40.7 Å². The summed E-state index contributed by atoms with van der Waals surface area (Å²) in [5.74, 6) is 0.337. The summed E-state index contributed by atoms with van der Waals surface area (Å²) >= 11 is 0. The number of nitrogens with one attached hydrogen (secondary N) is 1. The molecular weight excluding hydrogens is 442 g/mol. The van der Waals surface area contributed by atoms with Crippen molar-refractivity contribution in [2.45, 2.75) is 91.1 Å². The third-order valence-electron chi connectivity index (χ3n) is 7.28. The number of carbonyl (C=O) groups is 2. The molecule has 1 aromatic carbocycles. The molecule has 6 heteroatoms. The summed E-state index contributed by atoms with van der Waals surface area (Å²) in [6, 6.07) is 5.70. The molecule has 0 aromatic heterocycles. The minimum Gasteiger partial charge on any atom is -0.493 e. The van der Waals surface area contributed by atoms with E-state index >= 15 is 0 Å². The summed E-state index contributed by atoms with van der Waals surface area (Å²) in [6.07, 6.45) is 7.04. The van der Waals surface area contributed by atoms with Gasteiger partial charge in [0.05, 0.1) is 25.2 Å². The van der Waals surface area contributed by atoms with E-state index in [0.717, 1.165) is 55.5 Å². The number of dihydropyridines is 1. The average molecular weight is 482 g/mol. The molecule has 0 radical (unpaired) electrons. The number of hydrogen-bond donors (Lipinski definition) is 1. The van der Waals surface area contributed by atoms with Crippen molar-refractivity contribution < 1.29 is 23.8 Å². The highest BCUT2D eigenvalue weighted by molar-refractivity contribution is 6.04. The first-order valence-corrected chi connectivity index (χ1v) is 13.0. The van der Waals surface area contributed by atoms with Crippen molar-refractivity contribution in [3.8, 4) is 11.5 Å². The van der Waals surface area contributed by atoms with Crippen molar-refractivity contribution in [1.29, 1.82) is 0 Å². The zero-order chi connectivity index (χ0) is 25.2. The standard InChI is InChI=1S/C29H39NO5/c1-6-15-34-27-20(13-10-14-23(27)33-5)25-24(28(32)35-19-11-8-7-9-12-19)18(2)30-21-16-29(3,4)17-22(31)26(21)25/h10,13-14,19,25,30H,6-9,11-12,15-17H2,1-5H3. The number of methoxy groups -OCH3 is 1. The van der Waals surface area contributed by atoms with Crippen LogP contribution in [0.5, 0.6) is 11.5 Å². The predicted octanol–water partition coefficient (Wildman–Crippen LogP) is 5.96. The molecule has 3 aliphatic rings. The maximum atomic E-state index is 13.7. The quantitative estimate of drug-likeness (QED) is 0.484. The summed E-state index contributed by atoms with van der Waals surface area (Å²) < 4.78 is 17.9. The van der Waals surface area contributed by atoms with E-state index in [-0.39, 0.29) is 23.3 Å². The number of esters is 1. The number of hydrogen-bond acceptors (Lipinski definition) is 6. The highest BCUT2D eigenvalue weighted by Crippen LogP contribution is 2.50. The third kappa shape index (κ3) is 5.26. The smallest absolute Gasteiger partial charge is 0.337 e. The van der Waals surface area contributed by atoms with Crippen LogP contribution in [0, 0.1) is 5.41 Å². The fourth-order valence-electron chi connectivity index (χ4n) is 5.69. The van der Waals surface area contributed by atoms with Crippen molar-refractivity contribution in [3.05, 3.63) is 46.3 Å². The van der Waals surface area contributed by atoms with E-state index in [1.807, 2.05) is 32.0 Å². The Hall–Kier alpha value is -2.76. The Kier molecular flexibility index (Phi) is 7.58. The minimum absolute atomic E-state index is 0.0634. The van der Waals surface area contributed by atoms with Crippen molar-refractivity contribution in [2.24, 2.45) is 5.41 Å². The highest BCUT2D eigenvalue weighted by Gasteiger charge is 2.44. The Morgan fingerprint density at radius 2 is 1.89 bits per heavy atom. The second-order valence-corrected chi connectivity index (χ2v) is 10.8. The van der Waals surface area contributed by atoms with Gasteiger partial charge in [-0.25, -0.2) is 4.79 Å². The van der Waals surface area contributed by atoms with Gasteiger partial charge in [-0.2, -0.15) is 0 Å². The SMILES string of the molecule is CCCOc1c(OC)cccc1C1C(C(=O)OC2CCCCC2)=C(C)NC2=C1C(=O)CC(C)(C)C2. The van der Waals surface area contributed by atoms with Crippen LogP contribution in [0.1, 0.15) is 90.5 Å². The third-order valence-corrected chi connectivity index (χ3v) is 7.28. The van der Waals surface area contributed by atoms with Crippen LogP contribution >= 0.6 is 0 Å². The maximum Gasteiger partial charge on any atom is 0.337 e. The van der Waals surface area contributed by atoms with Gasteiger partial charge in [-0.05, 0) is 56.9 Å². The van der Waals surface area contributed by atoms with Crippen LogP contribution in [0.2, 0.25) is 0 Å². The molecule has 35 heavy (non-hydrogen) atoms. The second kappa shape index (κ2) is 10.5. The molecule has 4 rings (SSSR count). The topological polar surface area (TPSA) is 73.9 Å². The lowest BCUT2D eigenvalue weighted by atomic mass is 9.68. The molecule has 1 unspecified atom stereocenters. The van der Waals surface area contributed by atoms with Crippen LogP contribution in [-0.4, -0.2) is 31.6 Å². The van der Waals surface area contributed by atoms with Crippen LogP contribution < -0.4 is 14.8 Å². The van der Waals surface area contributed by atoms with Crippen molar-refractivity contribution in [2.75, 3.05) is 13.7 Å². The Labute approximate surface area is 209 Å². The Morgan fingerprint density at radius 3 is 2.57 bits per heavy atom. The lowest BCUT2D eigenvalue weighted by Gasteiger charge is -2.40. The molecular formula is C29H39NO5. The highest BCUT2D eigenvalue weighted by atomic mass is 16.5. The molecule has 0 spiro atoms. The molecule has 2 aliphatic carbocycles. The summed E-state index contributed by atoms with van der Waals surface area (Å²) in [5.41, 5.74) is 3.41. The number of Topliss-reactive ketones (excluding diaryl/α,β-unsaturated/α-hetero) is 1. The number of ketones is 1. The number of rotatable bonds is 7. The average Bonchev–Trinajstić information content (AvgIpc) is 2.81. The van der Waals surface area contributed by atoms with Crippen molar-refractivity contribution >= 4 is 11.8 Å². The molecule has 1 aliphatic heterocycles. The molecule has 1 aromatic rings. The first kappa shape index (κ1) is 25.3. The van der Waals surface area contributed by atoms with Crippen LogP contribution in [0.4, 0.5) is 0 Å². The van der Waals surface area contributed by atoms with Gasteiger partial charge in [0, 0.05) is 29.0 Å². The monoisotopic (exact) mass is 481 g/mol. The first-order chi connectivity index (χ1) is 16.8. The van der Waals surface area contributed by atoms with Gasteiger partial charge in [-0.15, -0.1) is 0 Å². The zero-order valence-electron chi connectivity index (χ0n) is 21.8. The van der Waals surface area contributed by atoms with Gasteiger partial charge in [0.2, 0.25) is 0 Å². The van der Waals surface area contributed by atoms with Gasteiger partial charge >= 0.3 is 5.97 Å². The normalized spacial score (nSPS) is 22.4. The van der Waals surface area contributed by atoms with E-state index in [9.17, 15) is 9.59 Å². The number of ether oxygens (including phenoxy) is 3. The maximum absolute atomic E-state index is 13.7. The van der Waals surface area contributed by atoms with Crippen molar-refractivity contribution in [1.82, 2.24) is 5.32 Å². The predicted molar refractivity (Wildman–Crippen MR) is 135 cm³/mol. The van der Waals surface area contributed by atoms with Gasteiger partial charge in [-0.1, -0.05) is 39.3 Å². The summed E-state index contributed by atoms with van der Waals surface area (Å²) in [7, 11) is 1.61. The number of para-hydroxylation sites is 1. The van der Waals surface area contributed by atoms with E-state index in [4.69, 9.17) is 14.2 Å². The van der Waals surface area contributed by atoms with Crippen molar-refractivity contribution in [3.63, 3.8) is 0 Å². The lowest BCUT2D eigenvalue weighted by molar-refractivity contribution is -0.146. The second-order valence-electron chi connectivity index (χ2n) is 10.8. The Balaban J connectivity index is 1.84. The van der Waals surface area contributed by atoms with Crippen LogP contribution in [0.25, 0.3) is 0 Å². The molecule has 1 atom stereocenters. The number of carbonyl (C=O) groups excluding carboxylic acids is 2. The molecule has 0 saturated heterocycles. The zero-order valence-corrected chi connectivity index (χ0v) is 21.8. The molecule has 0 amide bonds. The van der Waals surface area contributed by atoms with Crippen LogP contribution in [0.3, 0.4) is 0 Å². The van der Waals surface area contributed by atoms with Gasteiger partial charge in [0.1, 0.15) is 6.10 Å². The van der Waals surface area contributed by atoms with Crippen LogP contribution in [-0.2, 0) is 14.3 Å². The Morgan fingerprint density at radius 1 is 1.14 bits per heavy atom. The number of allylic oxidation sites excluding steroid dienone is 3. The van der Waals surface area contributed by atoms with E-state index < -0.39 is 5.92 Å². The molecule has 6 nitrogen and oxygen atoms in total. The van der Waals surface area contributed by atoms with E-state index in [1.165, 1.54) is 6.42 Å². The van der Waals surface area contributed by atoms with E-state index in [1.54, 1.807) is 7.11 Å². The molecule has 1 heterocycles. The summed E-state index contributed by atoms with van der Waals surface area (Å²) in [5, 5.41) is 3.43. The fourth-order valence-corrected chi connectivity index (χ4v) is 5.69. The van der Waals surface area contributed by atoms with Gasteiger partial charge in [-0.3, -0.25) is 4.79 Å². The molecule has 1 fully saturated rings. The molecule has 0 bridgehead atoms. The Bertz CT molecular complexity index is 1050. The first-order valence-electron chi connectivity index (χ1n) is 13.0. The number of benzene rings is 1. The summed E-state index contributed by atoms with van der Waals surface area (Å²) in [4.78, 5) is 27.4. The fraction of sp³-hybridized carbons (Fsp3) is 0.586. The molecule has 1 N–H and O–H groups in total. The van der Waals surface area contributed by atoms with E-state index in [0.29, 0.717) is 35.7 Å². The molecule has 1 saturated carbocycles. The van der Waals surface area contributed by atoms with Gasteiger partial charge in [0.25, 0.3) is 0 Å². The summed E-state index contributed by atoms with van der Waals surface area (Å²) in [6.45, 7) is 8.68. The largest absolute Gasteiger partial charge is 0.493 e.